The largest absolute Gasteiger partial charge is 0.338 e. The molecule has 0 aliphatic carbocycles. The summed E-state index contributed by atoms with van der Waals surface area (Å²) in [7, 11) is 0. The monoisotopic (exact) mass is 408 g/mol. The molecule has 6 nitrogen and oxygen atoms in total. The van der Waals surface area contributed by atoms with E-state index in [0.29, 0.717) is 24.7 Å². The Labute approximate surface area is 166 Å². The third-order valence-corrected chi connectivity index (χ3v) is 4.89. The third-order valence-electron chi connectivity index (χ3n) is 4.89. The highest BCUT2D eigenvalue weighted by atomic mass is 19.3. The van der Waals surface area contributed by atoms with Crippen LogP contribution in [0.1, 0.15) is 47.9 Å². The molecular formula is C20H23F3N4O2. The summed E-state index contributed by atoms with van der Waals surface area (Å²) in [4.78, 5) is 26.7. The number of anilines is 1. The lowest BCUT2D eigenvalue weighted by atomic mass is 9.99. The molecule has 3 rings (SSSR count). The second-order valence-electron chi connectivity index (χ2n) is 7.44. The van der Waals surface area contributed by atoms with E-state index in [4.69, 9.17) is 0 Å². The van der Waals surface area contributed by atoms with Crippen LogP contribution >= 0.6 is 0 Å². The average Bonchev–Trinajstić information content (AvgIpc) is 3.01. The number of carbonyl (C=O) groups excluding carboxylic acids is 2. The maximum Gasteiger partial charge on any atom is 0.282 e. The van der Waals surface area contributed by atoms with E-state index in [1.54, 1.807) is 11.8 Å². The average molecular weight is 408 g/mol. The van der Waals surface area contributed by atoms with Crippen LogP contribution < -0.4 is 5.32 Å². The number of hydrogen-bond donors (Lipinski definition) is 1. The van der Waals surface area contributed by atoms with Gasteiger partial charge >= 0.3 is 0 Å². The zero-order valence-corrected chi connectivity index (χ0v) is 16.3. The first-order valence-corrected chi connectivity index (χ1v) is 9.45. The molecule has 0 radical (unpaired) electrons. The summed E-state index contributed by atoms with van der Waals surface area (Å²) in [5.41, 5.74) is 0.279. The van der Waals surface area contributed by atoms with Gasteiger partial charge in [-0.3, -0.25) is 14.3 Å². The Morgan fingerprint density at radius 2 is 2.03 bits per heavy atom. The number of likely N-dealkylation sites (tertiary alicyclic amines) is 1. The van der Waals surface area contributed by atoms with Crippen LogP contribution in [0.15, 0.2) is 24.3 Å². The van der Waals surface area contributed by atoms with Gasteiger partial charge in [0.05, 0.1) is 0 Å². The van der Waals surface area contributed by atoms with Crippen LogP contribution in [-0.2, 0) is 11.3 Å². The molecule has 1 aliphatic rings. The topological polar surface area (TPSA) is 67.2 Å². The van der Waals surface area contributed by atoms with Gasteiger partial charge in [-0.1, -0.05) is 6.92 Å². The molecule has 1 atom stereocenters. The molecule has 1 unspecified atom stereocenters. The molecular weight excluding hydrogens is 385 g/mol. The fourth-order valence-electron chi connectivity index (χ4n) is 3.48. The summed E-state index contributed by atoms with van der Waals surface area (Å²) < 4.78 is 40.7. The van der Waals surface area contributed by atoms with Crippen LogP contribution in [0, 0.1) is 18.7 Å². The molecule has 2 aromatic rings. The zero-order valence-electron chi connectivity index (χ0n) is 16.3. The second-order valence-corrected chi connectivity index (χ2v) is 7.44. The summed E-state index contributed by atoms with van der Waals surface area (Å²) in [6, 6.07) is 4.87. The molecule has 29 heavy (non-hydrogen) atoms. The fourth-order valence-corrected chi connectivity index (χ4v) is 3.48. The molecule has 1 saturated heterocycles. The summed E-state index contributed by atoms with van der Waals surface area (Å²) in [5, 5.41) is 6.20. The van der Waals surface area contributed by atoms with E-state index in [-0.39, 0.29) is 23.7 Å². The minimum absolute atomic E-state index is 0.127. The molecule has 156 valence electrons. The fraction of sp³-hybridized carbons (Fsp3) is 0.450. The Kier molecular flexibility index (Phi) is 6.24. The Morgan fingerprint density at radius 1 is 1.28 bits per heavy atom. The highest BCUT2D eigenvalue weighted by Crippen LogP contribution is 2.21. The first kappa shape index (κ1) is 20.9. The van der Waals surface area contributed by atoms with Gasteiger partial charge in [-0.25, -0.2) is 13.2 Å². The lowest BCUT2D eigenvalue weighted by molar-refractivity contribution is -0.117. The number of hydrogen-bond acceptors (Lipinski definition) is 3. The smallest absolute Gasteiger partial charge is 0.282 e. The van der Waals surface area contributed by atoms with Crippen LogP contribution in [0.2, 0.25) is 0 Å². The van der Waals surface area contributed by atoms with Gasteiger partial charge in [0, 0.05) is 30.0 Å². The summed E-state index contributed by atoms with van der Waals surface area (Å²) >= 11 is 0. The first-order valence-electron chi connectivity index (χ1n) is 9.45. The third kappa shape index (κ3) is 5.16. The van der Waals surface area contributed by atoms with Gasteiger partial charge in [0.25, 0.3) is 12.3 Å². The number of nitrogens with one attached hydrogen (secondary N) is 1. The van der Waals surface area contributed by atoms with Crippen molar-refractivity contribution < 1.29 is 22.8 Å². The highest BCUT2D eigenvalue weighted by molar-refractivity contribution is 5.97. The number of halogens is 3. The van der Waals surface area contributed by atoms with Crippen LogP contribution in [-0.4, -0.2) is 39.6 Å². The number of rotatable bonds is 5. The molecule has 0 bridgehead atoms. The predicted molar refractivity (Wildman–Crippen MR) is 101 cm³/mol. The van der Waals surface area contributed by atoms with Gasteiger partial charge in [0.2, 0.25) is 5.91 Å². The molecule has 2 heterocycles. The summed E-state index contributed by atoms with van der Waals surface area (Å²) in [6.45, 7) is 4.55. The van der Waals surface area contributed by atoms with Crippen LogP contribution in [0.5, 0.6) is 0 Å². The molecule has 9 heteroatoms. The van der Waals surface area contributed by atoms with Crippen molar-refractivity contribution in [3.63, 3.8) is 0 Å². The lowest BCUT2D eigenvalue weighted by Gasteiger charge is -2.31. The van der Waals surface area contributed by atoms with Crippen LogP contribution in [0.25, 0.3) is 0 Å². The number of aromatic nitrogens is 2. The number of nitrogens with zero attached hydrogens (tertiary/aromatic N) is 3. The van der Waals surface area contributed by atoms with Crippen LogP contribution in [0.3, 0.4) is 0 Å². The Morgan fingerprint density at radius 3 is 2.69 bits per heavy atom. The van der Waals surface area contributed by atoms with E-state index in [0.717, 1.165) is 29.7 Å². The van der Waals surface area contributed by atoms with Gasteiger partial charge in [0.1, 0.15) is 18.1 Å². The maximum atomic E-state index is 14.0. The van der Waals surface area contributed by atoms with Crippen molar-refractivity contribution in [3.8, 4) is 0 Å². The number of aryl methyl sites for hydroxylation is 1. The summed E-state index contributed by atoms with van der Waals surface area (Å²) in [6.07, 6.45) is -0.781. The number of alkyl halides is 2. The van der Waals surface area contributed by atoms with E-state index in [9.17, 15) is 22.8 Å². The van der Waals surface area contributed by atoms with Gasteiger partial charge in [-0.05, 0) is 49.9 Å². The Hall–Kier alpha value is -2.84. The standard InChI is InChI=1S/C20H23F3N4O2/c1-12-4-3-5-26(10-12)20(29)14-7-15(21)9-16(8-14)24-18(28)11-27-13(2)6-17(25-27)19(22)23/h6-9,12,19H,3-5,10-11H2,1-2H3,(H,24,28). The van der Waals surface area contributed by atoms with Crippen molar-refractivity contribution in [2.24, 2.45) is 5.92 Å². The van der Waals surface area contributed by atoms with Gasteiger partial charge in [0.15, 0.2) is 0 Å². The van der Waals surface area contributed by atoms with E-state index in [1.807, 2.05) is 0 Å². The van der Waals surface area contributed by atoms with E-state index in [1.165, 1.54) is 12.1 Å². The van der Waals surface area contributed by atoms with E-state index >= 15 is 0 Å². The number of benzene rings is 1. The van der Waals surface area contributed by atoms with Crippen molar-refractivity contribution in [3.05, 3.63) is 47.0 Å². The highest BCUT2D eigenvalue weighted by Gasteiger charge is 2.23. The quantitative estimate of drug-likeness (QED) is 0.819. The van der Waals surface area contributed by atoms with E-state index < -0.39 is 23.8 Å². The Balaban J connectivity index is 1.71. The van der Waals surface area contributed by atoms with Gasteiger partial charge in [-0.15, -0.1) is 0 Å². The molecule has 1 aromatic carbocycles. The van der Waals surface area contributed by atoms with Gasteiger partial charge in [-0.2, -0.15) is 5.10 Å². The Bertz CT molecular complexity index is 913. The van der Waals surface area contributed by atoms with Gasteiger partial charge < -0.3 is 10.2 Å². The van der Waals surface area contributed by atoms with E-state index in [2.05, 4.69) is 17.3 Å². The normalized spacial score (nSPS) is 16.9. The SMILES string of the molecule is Cc1cc(C(F)F)nn1CC(=O)Nc1cc(F)cc(C(=O)N2CCCC(C)C2)c1. The van der Waals surface area contributed by atoms with Crippen molar-refractivity contribution in [1.29, 1.82) is 0 Å². The molecule has 2 amide bonds. The van der Waals surface area contributed by atoms with Crippen molar-refractivity contribution in [2.45, 2.75) is 39.7 Å². The predicted octanol–water partition coefficient (Wildman–Crippen LogP) is 3.78. The molecule has 1 fully saturated rings. The number of carbonyl (C=O) groups is 2. The lowest BCUT2D eigenvalue weighted by Crippen LogP contribution is -2.39. The van der Waals surface area contributed by atoms with Crippen molar-refractivity contribution in [2.75, 3.05) is 18.4 Å². The number of amides is 2. The minimum atomic E-state index is -2.73. The first-order chi connectivity index (χ1) is 13.7. The second kappa shape index (κ2) is 8.67. The molecule has 0 saturated carbocycles. The molecule has 1 aromatic heterocycles. The zero-order chi connectivity index (χ0) is 21.1. The molecule has 1 N–H and O–H groups in total. The number of piperidine rings is 1. The van der Waals surface area contributed by atoms with Crippen LogP contribution in [0.4, 0.5) is 18.9 Å². The molecule has 1 aliphatic heterocycles. The minimum Gasteiger partial charge on any atom is -0.338 e. The molecule has 0 spiro atoms. The van der Waals surface area contributed by atoms with Crippen molar-refractivity contribution in [1.82, 2.24) is 14.7 Å². The van der Waals surface area contributed by atoms with Crippen molar-refractivity contribution >= 4 is 17.5 Å². The maximum absolute atomic E-state index is 14.0. The summed E-state index contributed by atoms with van der Waals surface area (Å²) in [5.74, 6) is -1.11.